The van der Waals surface area contributed by atoms with Gasteiger partial charge in [-0.3, -0.25) is 14.4 Å². The Morgan fingerprint density at radius 1 is 1.14 bits per heavy atom. The number of benzene rings is 1. The van der Waals surface area contributed by atoms with Crippen molar-refractivity contribution in [3.8, 4) is 0 Å². The van der Waals surface area contributed by atoms with Crippen LogP contribution in [0.4, 0.5) is 4.79 Å². The highest BCUT2D eigenvalue weighted by molar-refractivity contribution is 5.93. The van der Waals surface area contributed by atoms with E-state index in [0.717, 1.165) is 17.5 Å². The van der Waals surface area contributed by atoms with Gasteiger partial charge in [0.15, 0.2) is 0 Å². The molecule has 10 heteroatoms. The minimum absolute atomic E-state index is 0.00407. The molecule has 10 nitrogen and oxygen atoms in total. The second-order valence-electron chi connectivity index (χ2n) is 10.3. The number of ether oxygens (including phenoxy) is 2. The van der Waals surface area contributed by atoms with Gasteiger partial charge in [-0.2, -0.15) is 0 Å². The summed E-state index contributed by atoms with van der Waals surface area (Å²) >= 11 is 0. The molecule has 0 aliphatic heterocycles. The molecule has 206 valence electrons. The van der Waals surface area contributed by atoms with Crippen molar-refractivity contribution in [2.24, 2.45) is 0 Å². The van der Waals surface area contributed by atoms with Crippen LogP contribution in [-0.4, -0.2) is 71.3 Å². The number of alkyl carbamates (subject to hydrolysis) is 1. The van der Waals surface area contributed by atoms with Crippen molar-refractivity contribution in [1.82, 2.24) is 15.5 Å². The second kappa shape index (κ2) is 13.4. The SMILES string of the molecule is CCOC(=O)CCNC(=O)C(c1c(C)cccc1C)N(C(=O)C(CO)NC(=O)OC(C)(C)C)C1CCC1. The van der Waals surface area contributed by atoms with E-state index in [1.54, 1.807) is 27.7 Å². The third-order valence-electron chi connectivity index (χ3n) is 6.17. The van der Waals surface area contributed by atoms with E-state index < -0.39 is 48.2 Å². The lowest BCUT2D eigenvalue weighted by atomic mass is 9.86. The fourth-order valence-electron chi connectivity index (χ4n) is 4.27. The van der Waals surface area contributed by atoms with Gasteiger partial charge in [-0.1, -0.05) is 18.2 Å². The smallest absolute Gasteiger partial charge is 0.408 e. The van der Waals surface area contributed by atoms with Crippen LogP contribution in [0.15, 0.2) is 18.2 Å². The lowest BCUT2D eigenvalue weighted by Gasteiger charge is -2.44. The molecular weight excluding hydrogens is 478 g/mol. The largest absolute Gasteiger partial charge is 0.466 e. The van der Waals surface area contributed by atoms with Crippen molar-refractivity contribution in [2.45, 2.75) is 91.0 Å². The molecule has 0 bridgehead atoms. The Morgan fingerprint density at radius 3 is 2.24 bits per heavy atom. The Morgan fingerprint density at radius 2 is 1.76 bits per heavy atom. The zero-order chi connectivity index (χ0) is 27.8. The molecular formula is C27H41N3O7. The second-order valence-corrected chi connectivity index (χ2v) is 10.3. The molecule has 1 fully saturated rings. The van der Waals surface area contributed by atoms with Crippen molar-refractivity contribution in [1.29, 1.82) is 0 Å². The molecule has 37 heavy (non-hydrogen) atoms. The van der Waals surface area contributed by atoms with Crippen LogP contribution in [0.5, 0.6) is 0 Å². The number of amides is 3. The Balaban J connectivity index is 2.42. The molecule has 1 aliphatic rings. The maximum absolute atomic E-state index is 13.9. The minimum Gasteiger partial charge on any atom is -0.466 e. The van der Waals surface area contributed by atoms with E-state index in [0.29, 0.717) is 18.4 Å². The van der Waals surface area contributed by atoms with Crippen LogP contribution in [0.25, 0.3) is 0 Å². The van der Waals surface area contributed by atoms with Crippen LogP contribution in [0, 0.1) is 13.8 Å². The molecule has 0 spiro atoms. The van der Waals surface area contributed by atoms with Gasteiger partial charge >= 0.3 is 12.1 Å². The molecule has 3 amide bonds. The minimum atomic E-state index is -1.30. The molecule has 2 atom stereocenters. The first-order valence-electron chi connectivity index (χ1n) is 12.8. The predicted molar refractivity (Wildman–Crippen MR) is 138 cm³/mol. The number of nitrogens with one attached hydrogen (secondary N) is 2. The summed E-state index contributed by atoms with van der Waals surface area (Å²) in [4.78, 5) is 53.2. The van der Waals surface area contributed by atoms with E-state index in [1.807, 2.05) is 32.0 Å². The Hall–Kier alpha value is -3.14. The number of hydrogen-bond donors (Lipinski definition) is 3. The first-order chi connectivity index (χ1) is 17.4. The average Bonchev–Trinajstić information content (AvgIpc) is 2.76. The highest BCUT2D eigenvalue weighted by Gasteiger charge is 2.42. The van der Waals surface area contributed by atoms with Gasteiger partial charge in [-0.05, 0) is 77.5 Å². The van der Waals surface area contributed by atoms with Crippen LogP contribution < -0.4 is 10.6 Å². The van der Waals surface area contributed by atoms with Crippen molar-refractivity contribution in [2.75, 3.05) is 19.8 Å². The highest BCUT2D eigenvalue weighted by atomic mass is 16.6. The van der Waals surface area contributed by atoms with Gasteiger partial charge in [0.05, 0.1) is 19.6 Å². The highest BCUT2D eigenvalue weighted by Crippen LogP contribution is 2.36. The van der Waals surface area contributed by atoms with Gasteiger partial charge in [0.2, 0.25) is 11.8 Å². The summed E-state index contributed by atoms with van der Waals surface area (Å²) in [5.41, 5.74) is 1.53. The normalized spacial score (nSPS) is 15.1. The molecule has 0 aromatic heterocycles. The lowest BCUT2D eigenvalue weighted by molar-refractivity contribution is -0.148. The summed E-state index contributed by atoms with van der Waals surface area (Å²) in [6, 6.07) is 3.05. The molecule has 0 heterocycles. The molecule has 0 radical (unpaired) electrons. The standard InChI is InChI=1S/C27H41N3O7/c1-7-36-21(32)14-15-28-24(33)23(22-17(2)10-8-11-18(22)3)30(19-12-9-13-19)25(34)20(16-31)29-26(35)37-27(4,5)6/h8,10-11,19-20,23,31H,7,9,12-16H2,1-6H3,(H,28,33)(H,29,35). The zero-order valence-corrected chi connectivity index (χ0v) is 22.8. The van der Waals surface area contributed by atoms with Crippen LogP contribution in [-0.2, 0) is 23.9 Å². The zero-order valence-electron chi connectivity index (χ0n) is 22.8. The van der Waals surface area contributed by atoms with Crippen LogP contribution in [0.3, 0.4) is 0 Å². The third-order valence-corrected chi connectivity index (χ3v) is 6.17. The molecule has 2 unspecified atom stereocenters. The summed E-state index contributed by atoms with van der Waals surface area (Å²) in [6.07, 6.45) is 1.43. The van der Waals surface area contributed by atoms with E-state index in [-0.39, 0.29) is 25.6 Å². The maximum Gasteiger partial charge on any atom is 0.408 e. The maximum atomic E-state index is 13.9. The van der Waals surface area contributed by atoms with Gasteiger partial charge < -0.3 is 30.1 Å². The Labute approximate surface area is 219 Å². The fraction of sp³-hybridized carbons (Fsp3) is 0.630. The summed E-state index contributed by atoms with van der Waals surface area (Å²) < 4.78 is 10.2. The predicted octanol–water partition coefficient (Wildman–Crippen LogP) is 2.68. The van der Waals surface area contributed by atoms with Gasteiger partial charge in [-0.15, -0.1) is 0 Å². The first kappa shape index (κ1) is 30.1. The monoisotopic (exact) mass is 519 g/mol. The van der Waals surface area contributed by atoms with Crippen LogP contribution in [0.2, 0.25) is 0 Å². The molecule has 1 saturated carbocycles. The average molecular weight is 520 g/mol. The number of esters is 1. The van der Waals surface area contributed by atoms with E-state index in [2.05, 4.69) is 10.6 Å². The van der Waals surface area contributed by atoms with E-state index in [1.165, 1.54) is 4.90 Å². The van der Waals surface area contributed by atoms with Crippen molar-refractivity contribution in [3.63, 3.8) is 0 Å². The first-order valence-corrected chi connectivity index (χ1v) is 12.8. The van der Waals surface area contributed by atoms with Crippen LogP contribution in [0.1, 0.15) is 76.1 Å². The van der Waals surface area contributed by atoms with Crippen molar-refractivity contribution >= 4 is 23.9 Å². The van der Waals surface area contributed by atoms with Gasteiger partial charge in [0, 0.05) is 12.6 Å². The van der Waals surface area contributed by atoms with Gasteiger partial charge in [-0.25, -0.2) is 4.79 Å². The topological polar surface area (TPSA) is 134 Å². The Bertz CT molecular complexity index is 949. The van der Waals surface area contributed by atoms with Crippen LogP contribution >= 0.6 is 0 Å². The van der Waals surface area contributed by atoms with Gasteiger partial charge in [0.25, 0.3) is 0 Å². The number of carbonyl (C=O) groups excluding carboxylic acids is 4. The summed E-state index contributed by atoms with van der Waals surface area (Å²) in [5, 5.41) is 15.3. The number of aliphatic hydroxyl groups excluding tert-OH is 1. The molecule has 3 N–H and O–H groups in total. The third kappa shape index (κ3) is 8.45. The summed E-state index contributed by atoms with van der Waals surface area (Å²) in [5.74, 6) is -1.46. The number of hydrogen-bond acceptors (Lipinski definition) is 7. The number of aliphatic hydroxyl groups is 1. The summed E-state index contributed by atoms with van der Waals surface area (Å²) in [7, 11) is 0. The lowest BCUT2D eigenvalue weighted by Crippen LogP contribution is -2.58. The quantitative estimate of drug-likeness (QED) is 0.383. The van der Waals surface area contributed by atoms with Crippen molar-refractivity contribution < 1.29 is 33.8 Å². The van der Waals surface area contributed by atoms with Crippen molar-refractivity contribution in [3.05, 3.63) is 34.9 Å². The van der Waals surface area contributed by atoms with Gasteiger partial charge in [0.1, 0.15) is 17.7 Å². The van der Waals surface area contributed by atoms with E-state index in [4.69, 9.17) is 9.47 Å². The summed E-state index contributed by atoms with van der Waals surface area (Å²) in [6.45, 7) is 10.2. The fourth-order valence-corrected chi connectivity index (χ4v) is 4.27. The molecule has 2 rings (SSSR count). The number of rotatable bonds is 11. The molecule has 1 aromatic rings. The Kier molecular flexibility index (Phi) is 10.9. The molecule has 1 aromatic carbocycles. The van der Waals surface area contributed by atoms with E-state index in [9.17, 15) is 24.3 Å². The molecule has 0 saturated heterocycles. The number of nitrogens with zero attached hydrogens (tertiary/aromatic N) is 1. The number of aryl methyl sites for hydroxylation is 2. The molecule has 1 aliphatic carbocycles. The number of carbonyl (C=O) groups is 4. The van der Waals surface area contributed by atoms with E-state index >= 15 is 0 Å².